The first-order valence-corrected chi connectivity index (χ1v) is 10.9. The van der Waals surface area contributed by atoms with Crippen LogP contribution in [0.5, 0.6) is 11.5 Å². The summed E-state index contributed by atoms with van der Waals surface area (Å²) in [5.74, 6) is -0.705. The van der Waals surface area contributed by atoms with Crippen molar-refractivity contribution in [3.63, 3.8) is 0 Å². The molecule has 1 aromatic heterocycles. The predicted octanol–water partition coefficient (Wildman–Crippen LogP) is 5.58. The van der Waals surface area contributed by atoms with Crippen molar-refractivity contribution in [3.05, 3.63) is 58.8 Å². The number of fused-ring (bicyclic) bond motifs is 1. The second kappa shape index (κ2) is 11.9. The summed E-state index contributed by atoms with van der Waals surface area (Å²) < 4.78 is 17.0. The van der Waals surface area contributed by atoms with Crippen molar-refractivity contribution in [2.45, 2.75) is 59.4 Å². The largest absolute Gasteiger partial charge is 0.507 e. The quantitative estimate of drug-likeness (QED) is 0.543. The summed E-state index contributed by atoms with van der Waals surface area (Å²) in [4.78, 5) is 23.6. The van der Waals surface area contributed by atoms with E-state index >= 15 is 0 Å². The molecule has 0 saturated carbocycles. The standard InChI is InChI=1S/C21H18O7.2C2H6/c22-14-9-13(26-19-8-4-7-16(28-19)21(24)25)10-18-20(14)15(23)11-17(27-18)12-5-2-1-3-6-12;2*1-2/h1-3,5-6,9-11,16,19,22H,4,7-8H2,(H,24,25);2*1-2H3. The molecule has 0 amide bonds. The first-order chi connectivity index (χ1) is 15.5. The van der Waals surface area contributed by atoms with E-state index in [9.17, 15) is 14.7 Å². The Bertz CT molecular complexity index is 1070. The molecule has 2 unspecified atom stereocenters. The van der Waals surface area contributed by atoms with E-state index in [2.05, 4.69) is 0 Å². The second-order valence-corrected chi connectivity index (χ2v) is 6.60. The van der Waals surface area contributed by atoms with Crippen LogP contribution in [0.1, 0.15) is 47.0 Å². The van der Waals surface area contributed by atoms with Gasteiger partial charge in [0.2, 0.25) is 6.29 Å². The van der Waals surface area contributed by atoms with Crippen molar-refractivity contribution in [1.82, 2.24) is 0 Å². The van der Waals surface area contributed by atoms with Crippen LogP contribution >= 0.6 is 0 Å². The topological polar surface area (TPSA) is 106 Å². The summed E-state index contributed by atoms with van der Waals surface area (Å²) in [5, 5.41) is 19.5. The maximum absolute atomic E-state index is 12.5. The van der Waals surface area contributed by atoms with Crippen LogP contribution < -0.4 is 10.2 Å². The summed E-state index contributed by atoms with van der Waals surface area (Å²) in [5.41, 5.74) is 0.531. The minimum Gasteiger partial charge on any atom is -0.507 e. The highest BCUT2D eigenvalue weighted by molar-refractivity contribution is 5.86. The lowest BCUT2D eigenvalue weighted by atomic mass is 10.1. The first-order valence-electron chi connectivity index (χ1n) is 10.9. The molecule has 0 aliphatic carbocycles. The van der Waals surface area contributed by atoms with Crippen LogP contribution in [-0.2, 0) is 9.53 Å². The molecule has 2 atom stereocenters. The molecule has 4 rings (SSSR count). The molecular weight excluding hydrogens is 412 g/mol. The molecule has 0 spiro atoms. The first kappa shape index (κ1) is 24.9. The zero-order valence-electron chi connectivity index (χ0n) is 18.8. The lowest BCUT2D eigenvalue weighted by Gasteiger charge is -2.27. The van der Waals surface area contributed by atoms with Gasteiger partial charge in [0.15, 0.2) is 11.5 Å². The van der Waals surface area contributed by atoms with E-state index in [1.54, 1.807) is 0 Å². The number of aliphatic carboxylic acids is 1. The van der Waals surface area contributed by atoms with Crippen molar-refractivity contribution in [2.24, 2.45) is 0 Å². The Morgan fingerprint density at radius 1 is 1.03 bits per heavy atom. The number of rotatable bonds is 4. The zero-order valence-corrected chi connectivity index (χ0v) is 18.8. The number of phenols is 1. The summed E-state index contributed by atoms with van der Waals surface area (Å²) in [6, 6.07) is 13.3. The number of benzene rings is 2. The lowest BCUT2D eigenvalue weighted by molar-refractivity contribution is -0.181. The number of carboxylic acid groups (broad SMARTS) is 1. The highest BCUT2D eigenvalue weighted by atomic mass is 16.7. The van der Waals surface area contributed by atoms with Crippen molar-refractivity contribution in [3.8, 4) is 22.8 Å². The molecule has 32 heavy (non-hydrogen) atoms. The highest BCUT2D eigenvalue weighted by Gasteiger charge is 2.29. The van der Waals surface area contributed by atoms with E-state index in [1.807, 2.05) is 58.0 Å². The maximum atomic E-state index is 12.5. The van der Waals surface area contributed by atoms with Crippen LogP contribution in [0, 0.1) is 0 Å². The van der Waals surface area contributed by atoms with Crippen molar-refractivity contribution in [1.29, 1.82) is 0 Å². The second-order valence-electron chi connectivity index (χ2n) is 6.60. The summed E-state index contributed by atoms with van der Waals surface area (Å²) in [6.45, 7) is 8.00. The number of hydrogen-bond acceptors (Lipinski definition) is 6. The maximum Gasteiger partial charge on any atom is 0.332 e. The van der Waals surface area contributed by atoms with Crippen LogP contribution in [0.15, 0.2) is 57.7 Å². The minimum atomic E-state index is -1.03. The Labute approximate surface area is 187 Å². The molecule has 1 aliphatic heterocycles. The third-order valence-corrected chi connectivity index (χ3v) is 4.61. The molecule has 7 nitrogen and oxygen atoms in total. The van der Waals surface area contributed by atoms with Crippen LogP contribution in [0.25, 0.3) is 22.3 Å². The van der Waals surface area contributed by atoms with Crippen molar-refractivity contribution < 1.29 is 28.9 Å². The average Bonchev–Trinajstić information content (AvgIpc) is 2.82. The minimum absolute atomic E-state index is 0.0556. The fourth-order valence-corrected chi connectivity index (χ4v) is 3.27. The normalized spacial score (nSPS) is 17.4. The Morgan fingerprint density at radius 3 is 2.38 bits per heavy atom. The van der Waals surface area contributed by atoms with E-state index in [0.717, 1.165) is 5.56 Å². The summed E-state index contributed by atoms with van der Waals surface area (Å²) >= 11 is 0. The van der Waals surface area contributed by atoms with Crippen molar-refractivity contribution in [2.75, 3.05) is 0 Å². The molecule has 2 heterocycles. The van der Waals surface area contributed by atoms with Gasteiger partial charge in [0, 0.05) is 30.2 Å². The number of carboxylic acids is 1. The van der Waals surface area contributed by atoms with Gasteiger partial charge in [0.25, 0.3) is 0 Å². The van der Waals surface area contributed by atoms with Gasteiger partial charge in [-0.15, -0.1) is 0 Å². The average molecular weight is 443 g/mol. The van der Waals surface area contributed by atoms with Crippen LogP contribution in [0.4, 0.5) is 0 Å². The Balaban J connectivity index is 0.000000860. The van der Waals surface area contributed by atoms with Crippen LogP contribution in [-0.4, -0.2) is 28.6 Å². The molecule has 2 aromatic carbocycles. The molecule has 172 valence electrons. The summed E-state index contributed by atoms with van der Waals surface area (Å²) in [7, 11) is 0. The van der Waals surface area contributed by atoms with Gasteiger partial charge in [-0.2, -0.15) is 0 Å². The highest BCUT2D eigenvalue weighted by Crippen LogP contribution is 2.32. The molecule has 2 N–H and O–H groups in total. The van der Waals surface area contributed by atoms with Gasteiger partial charge in [0.05, 0.1) is 0 Å². The Kier molecular flexibility index (Phi) is 9.28. The van der Waals surface area contributed by atoms with Crippen molar-refractivity contribution >= 4 is 16.9 Å². The van der Waals surface area contributed by atoms with E-state index < -0.39 is 18.4 Å². The fraction of sp³-hybridized carbons (Fsp3) is 0.360. The lowest BCUT2D eigenvalue weighted by Crippen LogP contribution is -2.36. The van der Waals surface area contributed by atoms with Gasteiger partial charge < -0.3 is 24.1 Å². The number of carbonyl (C=O) groups is 1. The molecule has 1 aliphatic rings. The van der Waals surface area contributed by atoms with Gasteiger partial charge in [0.1, 0.15) is 28.2 Å². The molecule has 0 bridgehead atoms. The number of aromatic hydroxyl groups is 1. The zero-order chi connectivity index (χ0) is 23.7. The molecule has 0 radical (unpaired) electrons. The molecule has 1 saturated heterocycles. The van der Waals surface area contributed by atoms with E-state index in [4.69, 9.17) is 19.0 Å². The number of hydrogen-bond donors (Lipinski definition) is 2. The van der Waals surface area contributed by atoms with E-state index in [1.165, 1.54) is 18.2 Å². The molecule has 7 heteroatoms. The molecular formula is C25H30O7. The smallest absolute Gasteiger partial charge is 0.332 e. The van der Waals surface area contributed by atoms with Gasteiger partial charge >= 0.3 is 5.97 Å². The SMILES string of the molecule is CC.CC.O=C(O)C1CCCC(Oc2cc(O)c3c(=O)cc(-c4ccccc4)oc3c2)O1. The number of phenolic OH excluding ortho intramolecular Hbond substituents is 1. The van der Waals surface area contributed by atoms with Gasteiger partial charge in [-0.25, -0.2) is 4.79 Å². The Morgan fingerprint density at radius 2 is 1.72 bits per heavy atom. The molecule has 3 aromatic rings. The monoisotopic (exact) mass is 442 g/mol. The van der Waals surface area contributed by atoms with Crippen LogP contribution in [0.2, 0.25) is 0 Å². The Hall–Kier alpha value is -3.32. The third-order valence-electron chi connectivity index (χ3n) is 4.61. The van der Waals surface area contributed by atoms with Gasteiger partial charge in [-0.05, 0) is 12.8 Å². The predicted molar refractivity (Wildman–Crippen MR) is 123 cm³/mol. The fourth-order valence-electron chi connectivity index (χ4n) is 3.27. The molecule has 1 fully saturated rings. The van der Waals surface area contributed by atoms with Gasteiger partial charge in [-0.3, -0.25) is 4.79 Å². The van der Waals surface area contributed by atoms with E-state index in [0.29, 0.717) is 25.0 Å². The van der Waals surface area contributed by atoms with E-state index in [-0.39, 0.29) is 27.9 Å². The number of ether oxygens (including phenoxy) is 2. The third kappa shape index (κ3) is 5.88. The van der Waals surface area contributed by atoms with Crippen LogP contribution in [0.3, 0.4) is 0 Å². The van der Waals surface area contributed by atoms with Gasteiger partial charge in [-0.1, -0.05) is 58.0 Å². The summed E-state index contributed by atoms with van der Waals surface area (Å²) in [6.07, 6.45) is -0.0791.